The van der Waals surface area contributed by atoms with Gasteiger partial charge in [-0.3, -0.25) is 9.40 Å². The zero-order valence-electron chi connectivity index (χ0n) is 11.9. The molecule has 0 radical (unpaired) electrons. The van der Waals surface area contributed by atoms with Crippen molar-refractivity contribution < 1.29 is 8.42 Å². The van der Waals surface area contributed by atoms with Gasteiger partial charge >= 0.3 is 0 Å². The molecule has 0 saturated carbocycles. The van der Waals surface area contributed by atoms with Crippen molar-refractivity contribution in [1.82, 2.24) is 9.78 Å². The summed E-state index contributed by atoms with van der Waals surface area (Å²) in [6, 6.07) is 5.23. The van der Waals surface area contributed by atoms with Gasteiger partial charge in [0.2, 0.25) is 0 Å². The smallest absolute Gasteiger partial charge is 0.263 e. The van der Waals surface area contributed by atoms with E-state index in [9.17, 15) is 8.42 Å². The third-order valence-electron chi connectivity index (χ3n) is 2.97. The molecule has 0 amide bonds. The molecule has 108 valence electrons. The van der Waals surface area contributed by atoms with Gasteiger partial charge in [0.1, 0.15) is 0 Å². The molecule has 0 bridgehead atoms. The fraction of sp³-hybridized carbons (Fsp3) is 0.308. The summed E-state index contributed by atoms with van der Waals surface area (Å²) in [4.78, 5) is 0.294. The second-order valence-electron chi connectivity index (χ2n) is 4.67. The average molecular weight is 294 g/mol. The molecule has 0 aliphatic rings. The van der Waals surface area contributed by atoms with Gasteiger partial charge in [-0.05, 0) is 37.1 Å². The lowest BCUT2D eigenvalue weighted by atomic mass is 10.1. The molecule has 0 fully saturated rings. The summed E-state index contributed by atoms with van der Waals surface area (Å²) in [5.41, 5.74) is 2.27. The first kappa shape index (κ1) is 14.4. The van der Waals surface area contributed by atoms with Crippen LogP contribution in [0.3, 0.4) is 0 Å². The highest BCUT2D eigenvalue weighted by molar-refractivity contribution is 7.92. The van der Waals surface area contributed by atoms with E-state index in [4.69, 9.17) is 0 Å². The molecule has 1 heterocycles. The Balaban J connectivity index is 2.44. The molecule has 20 heavy (non-hydrogen) atoms. The summed E-state index contributed by atoms with van der Waals surface area (Å²) in [5.74, 6) is 0.309. The predicted molar refractivity (Wildman–Crippen MR) is 79.5 cm³/mol. The summed E-state index contributed by atoms with van der Waals surface area (Å²) in [5, 5.41) is 7.04. The van der Waals surface area contributed by atoms with Crippen LogP contribution in [0.5, 0.6) is 0 Å². The predicted octanol–water partition coefficient (Wildman–Crippen LogP) is 1.88. The molecule has 0 atom stereocenters. The Kier molecular flexibility index (Phi) is 3.71. The van der Waals surface area contributed by atoms with Gasteiger partial charge < -0.3 is 5.32 Å². The van der Waals surface area contributed by atoms with E-state index in [1.165, 1.54) is 0 Å². The van der Waals surface area contributed by atoms with Crippen LogP contribution in [0, 0.1) is 13.8 Å². The largest absolute Gasteiger partial charge is 0.388 e. The Bertz CT molecular complexity index is 712. The average Bonchev–Trinajstić information content (AvgIpc) is 2.72. The van der Waals surface area contributed by atoms with E-state index in [2.05, 4.69) is 15.1 Å². The van der Waals surface area contributed by atoms with E-state index < -0.39 is 10.0 Å². The first-order valence-electron chi connectivity index (χ1n) is 6.15. The molecule has 6 nitrogen and oxygen atoms in total. The number of aryl methyl sites for hydroxylation is 3. The van der Waals surface area contributed by atoms with Crippen molar-refractivity contribution in [1.29, 1.82) is 0 Å². The van der Waals surface area contributed by atoms with Crippen molar-refractivity contribution in [2.24, 2.45) is 7.05 Å². The van der Waals surface area contributed by atoms with E-state index in [1.54, 1.807) is 57.0 Å². The number of hydrogen-bond donors (Lipinski definition) is 2. The van der Waals surface area contributed by atoms with Crippen LogP contribution >= 0.6 is 0 Å². The molecule has 0 unspecified atom stereocenters. The first-order chi connectivity index (χ1) is 9.33. The highest BCUT2D eigenvalue weighted by atomic mass is 32.2. The van der Waals surface area contributed by atoms with Crippen LogP contribution in [0.15, 0.2) is 29.3 Å². The second kappa shape index (κ2) is 5.16. The SMILES string of the molecule is CNc1cc(C)c(S(=O)(=O)Nc2ccn(C)n2)c(C)c1. The van der Waals surface area contributed by atoms with E-state index in [0.717, 1.165) is 5.69 Å². The summed E-state index contributed by atoms with van der Waals surface area (Å²) in [6.45, 7) is 3.56. The minimum Gasteiger partial charge on any atom is -0.388 e. The van der Waals surface area contributed by atoms with Gasteiger partial charge in [0.25, 0.3) is 10.0 Å². The molecular formula is C13H18N4O2S. The van der Waals surface area contributed by atoms with E-state index in [1.807, 2.05) is 0 Å². The van der Waals surface area contributed by atoms with Crippen LogP contribution in [-0.4, -0.2) is 25.2 Å². The molecule has 2 rings (SSSR count). The number of rotatable bonds is 4. The van der Waals surface area contributed by atoms with Gasteiger partial charge in [-0.15, -0.1) is 0 Å². The Hall–Kier alpha value is -2.02. The maximum atomic E-state index is 12.5. The number of nitrogens with zero attached hydrogens (tertiary/aromatic N) is 2. The molecule has 0 aliphatic heterocycles. The standard InChI is InChI=1S/C13H18N4O2S/c1-9-7-11(14-3)8-10(2)13(9)20(18,19)16-12-5-6-17(4)15-12/h5-8,14H,1-4H3,(H,15,16). The number of sulfonamides is 1. The van der Waals surface area contributed by atoms with Crippen molar-refractivity contribution >= 4 is 21.5 Å². The number of hydrogen-bond acceptors (Lipinski definition) is 4. The number of benzene rings is 1. The fourth-order valence-electron chi connectivity index (χ4n) is 2.18. The molecular weight excluding hydrogens is 276 g/mol. The lowest BCUT2D eigenvalue weighted by molar-refractivity contribution is 0.599. The summed E-state index contributed by atoms with van der Waals surface area (Å²) >= 11 is 0. The quantitative estimate of drug-likeness (QED) is 0.902. The Labute approximate surface area is 118 Å². The van der Waals surface area contributed by atoms with Gasteiger partial charge in [-0.2, -0.15) is 5.10 Å². The molecule has 0 saturated heterocycles. The maximum Gasteiger partial charge on any atom is 0.263 e. The van der Waals surface area contributed by atoms with E-state index >= 15 is 0 Å². The zero-order chi connectivity index (χ0) is 14.9. The number of aromatic nitrogens is 2. The van der Waals surface area contributed by atoms with E-state index in [0.29, 0.717) is 21.8 Å². The lowest BCUT2D eigenvalue weighted by Crippen LogP contribution is -2.16. The van der Waals surface area contributed by atoms with Crippen molar-refractivity contribution in [3.8, 4) is 0 Å². The van der Waals surface area contributed by atoms with Crippen molar-refractivity contribution in [2.45, 2.75) is 18.7 Å². The molecule has 0 spiro atoms. The van der Waals surface area contributed by atoms with Crippen LogP contribution in [0.4, 0.5) is 11.5 Å². The summed E-state index contributed by atoms with van der Waals surface area (Å²) in [6.07, 6.45) is 1.68. The lowest BCUT2D eigenvalue weighted by Gasteiger charge is -2.13. The van der Waals surface area contributed by atoms with Crippen molar-refractivity contribution in [3.63, 3.8) is 0 Å². The molecule has 2 N–H and O–H groups in total. The summed E-state index contributed by atoms with van der Waals surface area (Å²) in [7, 11) is -0.108. The van der Waals surface area contributed by atoms with Gasteiger partial charge in [-0.25, -0.2) is 8.42 Å². The van der Waals surface area contributed by atoms with Crippen LogP contribution in [-0.2, 0) is 17.1 Å². The summed E-state index contributed by atoms with van der Waals surface area (Å²) < 4.78 is 29.0. The van der Waals surface area contributed by atoms with Gasteiger partial charge in [-0.1, -0.05) is 0 Å². The van der Waals surface area contributed by atoms with Crippen LogP contribution in [0.2, 0.25) is 0 Å². The number of nitrogens with one attached hydrogen (secondary N) is 2. The fourth-order valence-corrected chi connectivity index (χ4v) is 3.63. The zero-order valence-corrected chi connectivity index (χ0v) is 12.7. The highest BCUT2D eigenvalue weighted by Gasteiger charge is 2.21. The second-order valence-corrected chi connectivity index (χ2v) is 6.29. The van der Waals surface area contributed by atoms with Gasteiger partial charge in [0, 0.05) is 32.0 Å². The molecule has 2 aromatic rings. The third kappa shape index (κ3) is 2.77. The minimum absolute atomic E-state index is 0.294. The van der Waals surface area contributed by atoms with E-state index in [-0.39, 0.29) is 0 Å². The number of anilines is 2. The molecule has 7 heteroatoms. The Morgan fingerprint density at radius 1 is 1.20 bits per heavy atom. The maximum absolute atomic E-state index is 12.5. The van der Waals surface area contributed by atoms with Crippen LogP contribution in [0.25, 0.3) is 0 Å². The normalized spacial score (nSPS) is 11.4. The van der Waals surface area contributed by atoms with Crippen molar-refractivity contribution in [2.75, 3.05) is 17.1 Å². The minimum atomic E-state index is -3.64. The van der Waals surface area contributed by atoms with Crippen LogP contribution in [0.1, 0.15) is 11.1 Å². The van der Waals surface area contributed by atoms with Gasteiger partial charge in [0.15, 0.2) is 5.82 Å². The monoisotopic (exact) mass is 294 g/mol. The molecule has 1 aromatic carbocycles. The third-order valence-corrected chi connectivity index (χ3v) is 4.63. The first-order valence-corrected chi connectivity index (χ1v) is 7.63. The van der Waals surface area contributed by atoms with Crippen molar-refractivity contribution in [3.05, 3.63) is 35.5 Å². The van der Waals surface area contributed by atoms with Crippen LogP contribution < -0.4 is 10.0 Å². The molecule has 1 aromatic heterocycles. The Morgan fingerprint density at radius 3 is 2.25 bits per heavy atom. The highest BCUT2D eigenvalue weighted by Crippen LogP contribution is 2.25. The van der Waals surface area contributed by atoms with Gasteiger partial charge in [0.05, 0.1) is 4.90 Å². The Morgan fingerprint density at radius 2 is 1.80 bits per heavy atom. The topological polar surface area (TPSA) is 76.0 Å². The molecule has 0 aliphatic carbocycles.